The third kappa shape index (κ3) is 2.42. The summed E-state index contributed by atoms with van der Waals surface area (Å²) in [4.78, 5) is 23.2. The maximum absolute atomic E-state index is 12.4. The lowest BCUT2D eigenvalue weighted by atomic mass is 10.2. The molecule has 3 rings (SSSR count). The monoisotopic (exact) mass is 286 g/mol. The number of pyridine rings is 1. The molecular weight excluding hydrogens is 272 g/mol. The predicted molar refractivity (Wildman–Crippen MR) is 78.0 cm³/mol. The van der Waals surface area contributed by atoms with E-state index in [4.69, 9.17) is 0 Å². The summed E-state index contributed by atoms with van der Waals surface area (Å²) in [5, 5.41) is 1.85. The van der Waals surface area contributed by atoms with Crippen LogP contribution in [0.15, 0.2) is 42.3 Å². The Morgan fingerprint density at radius 1 is 1.35 bits per heavy atom. The first-order chi connectivity index (χ1) is 9.75. The van der Waals surface area contributed by atoms with Crippen molar-refractivity contribution in [3.8, 4) is 0 Å². The molecule has 5 nitrogen and oxygen atoms in total. The van der Waals surface area contributed by atoms with Crippen molar-refractivity contribution in [1.29, 1.82) is 0 Å². The number of nitrogens with zero attached hydrogens (tertiary/aromatic N) is 4. The van der Waals surface area contributed by atoms with Gasteiger partial charge in [-0.05, 0) is 24.1 Å². The average molecular weight is 286 g/mol. The number of hydrogen-bond donors (Lipinski definition) is 0. The number of amides is 1. The number of aromatic nitrogens is 3. The topological polar surface area (TPSA) is 50.5 Å². The molecule has 0 atom stereocenters. The van der Waals surface area contributed by atoms with Gasteiger partial charge in [-0.15, -0.1) is 11.3 Å². The van der Waals surface area contributed by atoms with Crippen molar-refractivity contribution in [2.24, 2.45) is 0 Å². The van der Waals surface area contributed by atoms with Crippen molar-refractivity contribution < 1.29 is 4.79 Å². The van der Waals surface area contributed by atoms with E-state index in [1.165, 1.54) is 16.9 Å². The highest BCUT2D eigenvalue weighted by molar-refractivity contribution is 7.15. The zero-order chi connectivity index (χ0) is 13.9. The number of likely N-dealkylation sites (N-methyl/N-ethyl adjacent to an activating group) is 1. The van der Waals surface area contributed by atoms with E-state index in [2.05, 4.69) is 9.97 Å². The van der Waals surface area contributed by atoms with Gasteiger partial charge in [0.05, 0.1) is 0 Å². The summed E-state index contributed by atoms with van der Waals surface area (Å²) in [6.45, 7) is 0.675. The predicted octanol–water partition coefficient (Wildman–Crippen LogP) is 2.11. The molecule has 3 heterocycles. The first-order valence-corrected chi connectivity index (χ1v) is 7.18. The van der Waals surface area contributed by atoms with Crippen molar-refractivity contribution in [2.75, 3.05) is 13.6 Å². The van der Waals surface area contributed by atoms with Crippen LogP contribution in [0.1, 0.15) is 16.1 Å². The summed E-state index contributed by atoms with van der Waals surface area (Å²) in [5.41, 5.74) is 1.84. The SMILES string of the molecule is CN(CCc1ccncc1)C(=O)c1csc2nccn12. The summed E-state index contributed by atoms with van der Waals surface area (Å²) in [5.74, 6) is 0.0170. The Balaban J connectivity index is 1.69. The molecule has 0 radical (unpaired) electrons. The number of carbonyl (C=O) groups excluding carboxylic acids is 1. The molecular formula is C14H14N4OS. The molecule has 20 heavy (non-hydrogen) atoms. The number of hydrogen-bond acceptors (Lipinski definition) is 4. The van der Waals surface area contributed by atoms with Gasteiger partial charge < -0.3 is 4.90 Å². The number of fused-ring (bicyclic) bond motifs is 1. The second-order valence-electron chi connectivity index (χ2n) is 4.53. The maximum atomic E-state index is 12.4. The van der Waals surface area contributed by atoms with Crippen LogP contribution in [0.5, 0.6) is 0 Å². The van der Waals surface area contributed by atoms with Crippen LogP contribution in [0.4, 0.5) is 0 Å². The van der Waals surface area contributed by atoms with Gasteiger partial charge in [-0.2, -0.15) is 0 Å². The molecule has 6 heteroatoms. The summed E-state index contributed by atoms with van der Waals surface area (Å²) in [7, 11) is 1.82. The summed E-state index contributed by atoms with van der Waals surface area (Å²) in [6.07, 6.45) is 7.88. The van der Waals surface area contributed by atoms with Crippen molar-refractivity contribution >= 4 is 22.2 Å². The molecule has 0 spiro atoms. The molecule has 3 aromatic rings. The van der Waals surface area contributed by atoms with Crippen LogP contribution in [0.25, 0.3) is 4.96 Å². The van der Waals surface area contributed by atoms with Gasteiger partial charge in [0.15, 0.2) is 4.96 Å². The second kappa shape index (κ2) is 5.42. The Kier molecular flexibility index (Phi) is 3.47. The number of carbonyl (C=O) groups is 1. The standard InChI is InChI=1S/C14H14N4OS/c1-17(8-4-11-2-5-15-6-3-11)13(19)12-10-20-14-16-7-9-18(12)14/h2-3,5-7,9-10H,4,8H2,1H3. The van der Waals surface area contributed by atoms with Crippen molar-refractivity contribution in [1.82, 2.24) is 19.3 Å². The number of thiazole rings is 1. The highest BCUT2D eigenvalue weighted by atomic mass is 32.1. The molecule has 0 saturated carbocycles. The van der Waals surface area contributed by atoms with Gasteiger partial charge in [0.25, 0.3) is 5.91 Å². The van der Waals surface area contributed by atoms with E-state index < -0.39 is 0 Å². The molecule has 1 amide bonds. The van der Waals surface area contributed by atoms with E-state index in [9.17, 15) is 4.79 Å². The Morgan fingerprint density at radius 2 is 2.15 bits per heavy atom. The van der Waals surface area contributed by atoms with Crippen LogP contribution < -0.4 is 0 Å². The summed E-state index contributed by atoms with van der Waals surface area (Å²) < 4.78 is 1.83. The molecule has 0 aromatic carbocycles. The average Bonchev–Trinajstić information content (AvgIpc) is 3.08. The third-order valence-electron chi connectivity index (χ3n) is 3.19. The van der Waals surface area contributed by atoms with Crippen LogP contribution in [-0.2, 0) is 6.42 Å². The van der Waals surface area contributed by atoms with Crippen LogP contribution in [0.2, 0.25) is 0 Å². The van der Waals surface area contributed by atoms with Crippen molar-refractivity contribution in [2.45, 2.75) is 6.42 Å². The fraction of sp³-hybridized carbons (Fsp3) is 0.214. The van der Waals surface area contributed by atoms with Gasteiger partial charge in [-0.25, -0.2) is 4.98 Å². The van der Waals surface area contributed by atoms with Crippen LogP contribution in [0.3, 0.4) is 0 Å². The summed E-state index contributed by atoms with van der Waals surface area (Å²) >= 11 is 1.48. The Morgan fingerprint density at radius 3 is 2.95 bits per heavy atom. The third-order valence-corrected chi connectivity index (χ3v) is 4.05. The van der Waals surface area contributed by atoms with Gasteiger partial charge in [-0.3, -0.25) is 14.2 Å². The highest BCUT2D eigenvalue weighted by Gasteiger charge is 2.16. The lowest BCUT2D eigenvalue weighted by molar-refractivity contribution is 0.0790. The molecule has 0 bridgehead atoms. The largest absolute Gasteiger partial charge is 0.340 e. The molecule has 0 N–H and O–H groups in total. The molecule has 102 valence electrons. The summed E-state index contributed by atoms with van der Waals surface area (Å²) in [6, 6.07) is 3.94. The minimum Gasteiger partial charge on any atom is -0.340 e. The fourth-order valence-electron chi connectivity index (χ4n) is 2.02. The van der Waals surface area contributed by atoms with Gasteiger partial charge in [-0.1, -0.05) is 0 Å². The molecule has 0 fully saturated rings. The molecule has 0 unspecified atom stereocenters. The van der Waals surface area contributed by atoms with Gasteiger partial charge in [0, 0.05) is 43.8 Å². The van der Waals surface area contributed by atoms with Crippen LogP contribution in [-0.4, -0.2) is 38.8 Å². The quantitative estimate of drug-likeness (QED) is 0.738. The fourth-order valence-corrected chi connectivity index (χ4v) is 2.85. The van der Waals surface area contributed by atoms with Crippen LogP contribution in [0, 0.1) is 0 Å². The Bertz CT molecular complexity index is 719. The zero-order valence-electron chi connectivity index (χ0n) is 11.1. The smallest absolute Gasteiger partial charge is 0.271 e. The molecule has 0 aliphatic rings. The maximum Gasteiger partial charge on any atom is 0.271 e. The lowest BCUT2D eigenvalue weighted by Gasteiger charge is -2.16. The molecule has 0 aliphatic heterocycles. The van der Waals surface area contributed by atoms with E-state index >= 15 is 0 Å². The Labute approximate surface area is 120 Å². The minimum atomic E-state index is 0.0170. The highest BCUT2D eigenvalue weighted by Crippen LogP contribution is 2.16. The zero-order valence-corrected chi connectivity index (χ0v) is 11.9. The van der Waals surface area contributed by atoms with Crippen molar-refractivity contribution in [3.63, 3.8) is 0 Å². The number of imidazole rings is 1. The number of rotatable bonds is 4. The normalized spacial score (nSPS) is 10.8. The first-order valence-electron chi connectivity index (χ1n) is 6.30. The Hall–Kier alpha value is -2.21. The van der Waals surface area contributed by atoms with E-state index in [1.807, 2.05) is 35.2 Å². The van der Waals surface area contributed by atoms with Gasteiger partial charge >= 0.3 is 0 Å². The minimum absolute atomic E-state index is 0.0170. The van der Waals surface area contributed by atoms with Gasteiger partial charge in [0.1, 0.15) is 5.69 Å². The van der Waals surface area contributed by atoms with Crippen LogP contribution >= 0.6 is 11.3 Å². The molecule has 0 aliphatic carbocycles. The van der Waals surface area contributed by atoms with Gasteiger partial charge in [0.2, 0.25) is 0 Å². The van der Waals surface area contributed by atoms with E-state index in [-0.39, 0.29) is 5.91 Å². The first kappa shape index (κ1) is 12.8. The van der Waals surface area contributed by atoms with E-state index in [1.54, 1.807) is 23.5 Å². The van der Waals surface area contributed by atoms with E-state index in [0.717, 1.165) is 11.4 Å². The molecule has 3 aromatic heterocycles. The van der Waals surface area contributed by atoms with Crippen molar-refractivity contribution in [3.05, 3.63) is 53.6 Å². The van der Waals surface area contributed by atoms with E-state index in [0.29, 0.717) is 12.2 Å². The lowest BCUT2D eigenvalue weighted by Crippen LogP contribution is -2.29. The second-order valence-corrected chi connectivity index (χ2v) is 5.37. The molecule has 0 saturated heterocycles.